The van der Waals surface area contributed by atoms with Gasteiger partial charge in [-0.15, -0.1) is 0 Å². The number of unbranched alkanes of at least 4 members (excludes halogenated alkanes) is 4. The van der Waals surface area contributed by atoms with Crippen molar-refractivity contribution >= 4 is 0 Å². The first kappa shape index (κ1) is 17.9. The quantitative estimate of drug-likeness (QED) is 0.514. The molecular weight excluding hydrogens is 252 g/mol. The number of hydrogen-bond acceptors (Lipinski definition) is 4. The van der Waals surface area contributed by atoms with Crippen molar-refractivity contribution in [2.75, 3.05) is 66.7 Å². The molecule has 1 aliphatic heterocycles. The summed E-state index contributed by atoms with van der Waals surface area (Å²) in [6, 6.07) is 0. The molecule has 120 valence electrons. The summed E-state index contributed by atoms with van der Waals surface area (Å²) >= 11 is 0. The lowest BCUT2D eigenvalue weighted by Gasteiger charge is -2.32. The van der Waals surface area contributed by atoms with E-state index in [0.717, 1.165) is 19.8 Å². The molecule has 0 bridgehead atoms. The number of nitrogens with zero attached hydrogens (tertiary/aromatic N) is 2. The maximum atomic E-state index is 5.71. The molecule has 4 heteroatoms. The van der Waals surface area contributed by atoms with Crippen molar-refractivity contribution in [1.82, 2.24) is 9.80 Å². The number of methoxy groups -OCH3 is 1. The highest BCUT2D eigenvalue weighted by atomic mass is 16.5. The van der Waals surface area contributed by atoms with E-state index in [1.165, 1.54) is 71.2 Å². The fraction of sp³-hybridized carbons (Fsp3) is 1.00. The second-order valence-electron chi connectivity index (χ2n) is 5.87. The van der Waals surface area contributed by atoms with E-state index in [1.54, 1.807) is 7.11 Å². The van der Waals surface area contributed by atoms with Crippen LogP contribution in [0, 0.1) is 0 Å². The van der Waals surface area contributed by atoms with Crippen LogP contribution in [0.25, 0.3) is 0 Å². The summed E-state index contributed by atoms with van der Waals surface area (Å²) in [5, 5.41) is 0. The van der Waals surface area contributed by atoms with Crippen LogP contribution in [-0.2, 0) is 9.47 Å². The number of piperazine rings is 1. The topological polar surface area (TPSA) is 24.9 Å². The van der Waals surface area contributed by atoms with E-state index in [9.17, 15) is 0 Å². The molecule has 0 atom stereocenters. The van der Waals surface area contributed by atoms with Gasteiger partial charge < -0.3 is 19.3 Å². The van der Waals surface area contributed by atoms with Crippen LogP contribution in [-0.4, -0.2) is 76.5 Å². The molecule has 0 aromatic heterocycles. The van der Waals surface area contributed by atoms with Crippen molar-refractivity contribution in [3.63, 3.8) is 0 Å². The van der Waals surface area contributed by atoms with Gasteiger partial charge in [-0.1, -0.05) is 19.3 Å². The van der Waals surface area contributed by atoms with Crippen LogP contribution in [0.4, 0.5) is 0 Å². The third-order valence-electron chi connectivity index (χ3n) is 4.00. The average molecular weight is 286 g/mol. The molecule has 0 aromatic carbocycles. The van der Waals surface area contributed by atoms with Gasteiger partial charge in [-0.3, -0.25) is 0 Å². The molecule has 0 spiro atoms. The molecule has 1 fully saturated rings. The fourth-order valence-electron chi connectivity index (χ4n) is 2.54. The average Bonchev–Trinajstić information content (AvgIpc) is 2.47. The van der Waals surface area contributed by atoms with E-state index in [4.69, 9.17) is 9.47 Å². The molecule has 20 heavy (non-hydrogen) atoms. The van der Waals surface area contributed by atoms with E-state index in [2.05, 4.69) is 16.8 Å². The highest BCUT2D eigenvalue weighted by Gasteiger charge is 2.12. The van der Waals surface area contributed by atoms with E-state index < -0.39 is 0 Å². The number of ether oxygens (including phenoxy) is 2. The van der Waals surface area contributed by atoms with Gasteiger partial charge in [0.05, 0.1) is 0 Å². The largest absolute Gasteiger partial charge is 0.385 e. The summed E-state index contributed by atoms with van der Waals surface area (Å²) in [6.07, 6.45) is 7.48. The Labute approximate surface area is 125 Å². The molecule has 4 nitrogen and oxygen atoms in total. The Morgan fingerprint density at radius 2 is 1.35 bits per heavy atom. The summed E-state index contributed by atoms with van der Waals surface area (Å²) in [5.41, 5.74) is 0. The van der Waals surface area contributed by atoms with Gasteiger partial charge in [0.1, 0.15) is 0 Å². The molecule has 0 radical (unpaired) electrons. The number of likely N-dealkylation sites (N-methyl/N-ethyl adjacent to an activating group) is 1. The summed E-state index contributed by atoms with van der Waals surface area (Å²) in [6.45, 7) is 8.83. The van der Waals surface area contributed by atoms with Crippen molar-refractivity contribution in [3.8, 4) is 0 Å². The Kier molecular flexibility index (Phi) is 11.2. The van der Waals surface area contributed by atoms with Crippen LogP contribution >= 0.6 is 0 Å². The molecule has 1 rings (SSSR count). The molecule has 0 saturated carbocycles. The predicted molar refractivity (Wildman–Crippen MR) is 84.3 cm³/mol. The fourth-order valence-corrected chi connectivity index (χ4v) is 2.54. The lowest BCUT2D eigenvalue weighted by atomic mass is 10.1. The van der Waals surface area contributed by atoms with Crippen molar-refractivity contribution < 1.29 is 9.47 Å². The van der Waals surface area contributed by atoms with Crippen LogP contribution in [0.1, 0.15) is 38.5 Å². The minimum atomic E-state index is 0.906. The lowest BCUT2D eigenvalue weighted by Crippen LogP contribution is -2.44. The first-order valence-electron chi connectivity index (χ1n) is 8.30. The first-order chi connectivity index (χ1) is 9.83. The van der Waals surface area contributed by atoms with Gasteiger partial charge in [0.25, 0.3) is 0 Å². The molecule has 0 unspecified atom stereocenters. The zero-order chi connectivity index (χ0) is 14.5. The molecule has 0 aliphatic carbocycles. The minimum absolute atomic E-state index is 0.906. The van der Waals surface area contributed by atoms with Gasteiger partial charge >= 0.3 is 0 Å². The van der Waals surface area contributed by atoms with Crippen molar-refractivity contribution in [2.45, 2.75) is 38.5 Å². The minimum Gasteiger partial charge on any atom is -0.385 e. The second kappa shape index (κ2) is 12.6. The molecule has 1 heterocycles. The van der Waals surface area contributed by atoms with Gasteiger partial charge in [0.2, 0.25) is 0 Å². The SMILES string of the molecule is COCCCCCCCOCCCN1CCN(C)CC1. The van der Waals surface area contributed by atoms with E-state index >= 15 is 0 Å². The van der Waals surface area contributed by atoms with Crippen LogP contribution in [0.5, 0.6) is 0 Å². The zero-order valence-corrected chi connectivity index (χ0v) is 13.6. The summed E-state index contributed by atoms with van der Waals surface area (Å²) in [7, 11) is 3.98. The van der Waals surface area contributed by atoms with E-state index in [-0.39, 0.29) is 0 Å². The van der Waals surface area contributed by atoms with E-state index in [0.29, 0.717) is 0 Å². The maximum Gasteiger partial charge on any atom is 0.0478 e. The normalized spacial score (nSPS) is 17.7. The van der Waals surface area contributed by atoms with Crippen LogP contribution in [0.15, 0.2) is 0 Å². The van der Waals surface area contributed by atoms with Gasteiger partial charge in [0, 0.05) is 59.7 Å². The highest BCUT2D eigenvalue weighted by Crippen LogP contribution is 2.04. The molecule has 0 aromatic rings. The first-order valence-corrected chi connectivity index (χ1v) is 8.30. The van der Waals surface area contributed by atoms with E-state index in [1.807, 2.05) is 0 Å². The standard InChI is InChI=1S/C16H34N2O2/c1-17-10-12-18(13-11-17)9-8-16-20-15-7-5-3-4-6-14-19-2/h3-16H2,1-2H3. The predicted octanol–water partition coefficient (Wildman–Crippen LogP) is 2.24. The molecule has 0 N–H and O–H groups in total. The smallest absolute Gasteiger partial charge is 0.0478 e. The van der Waals surface area contributed by atoms with Crippen LogP contribution in [0.2, 0.25) is 0 Å². The summed E-state index contributed by atoms with van der Waals surface area (Å²) < 4.78 is 10.8. The van der Waals surface area contributed by atoms with Gasteiger partial charge in [-0.2, -0.15) is 0 Å². The summed E-state index contributed by atoms with van der Waals surface area (Å²) in [5.74, 6) is 0. The summed E-state index contributed by atoms with van der Waals surface area (Å²) in [4.78, 5) is 4.96. The highest BCUT2D eigenvalue weighted by molar-refractivity contribution is 4.68. The van der Waals surface area contributed by atoms with Gasteiger partial charge in [-0.05, 0) is 26.3 Å². The molecule has 1 aliphatic rings. The number of rotatable bonds is 12. The Hall–Kier alpha value is -0.160. The Morgan fingerprint density at radius 1 is 0.750 bits per heavy atom. The monoisotopic (exact) mass is 286 g/mol. The van der Waals surface area contributed by atoms with Gasteiger partial charge in [-0.25, -0.2) is 0 Å². The Morgan fingerprint density at radius 3 is 2.05 bits per heavy atom. The molecule has 0 amide bonds. The molecule has 1 saturated heterocycles. The number of hydrogen-bond donors (Lipinski definition) is 0. The zero-order valence-electron chi connectivity index (χ0n) is 13.6. The molecular formula is C16H34N2O2. The van der Waals surface area contributed by atoms with Crippen LogP contribution < -0.4 is 0 Å². The third kappa shape index (κ3) is 9.70. The Balaban J connectivity index is 1.74. The lowest BCUT2D eigenvalue weighted by molar-refractivity contribution is 0.103. The second-order valence-corrected chi connectivity index (χ2v) is 5.87. The third-order valence-corrected chi connectivity index (χ3v) is 4.00. The van der Waals surface area contributed by atoms with Crippen molar-refractivity contribution in [2.24, 2.45) is 0 Å². The van der Waals surface area contributed by atoms with Crippen molar-refractivity contribution in [3.05, 3.63) is 0 Å². The van der Waals surface area contributed by atoms with Gasteiger partial charge in [0.15, 0.2) is 0 Å². The van der Waals surface area contributed by atoms with Crippen molar-refractivity contribution in [1.29, 1.82) is 0 Å². The van der Waals surface area contributed by atoms with Crippen LogP contribution in [0.3, 0.4) is 0 Å². The maximum absolute atomic E-state index is 5.71. The Bertz CT molecular complexity index is 207.